The van der Waals surface area contributed by atoms with Crippen LogP contribution in [-0.2, 0) is 0 Å². The van der Waals surface area contributed by atoms with Crippen LogP contribution >= 0.6 is 12.6 Å². The highest BCUT2D eigenvalue weighted by Crippen LogP contribution is 2.16. The molecule has 0 bridgehead atoms. The van der Waals surface area contributed by atoms with Gasteiger partial charge in [-0.25, -0.2) is 0 Å². The average molecular weight is 154 g/mol. The summed E-state index contributed by atoms with van der Waals surface area (Å²) in [6, 6.07) is 5.74. The van der Waals surface area contributed by atoms with Crippen LogP contribution < -0.4 is 11.3 Å². The zero-order valence-electron chi connectivity index (χ0n) is 5.76. The molecule has 1 aromatic rings. The molecule has 0 unspecified atom stereocenters. The van der Waals surface area contributed by atoms with E-state index in [1.165, 1.54) is 0 Å². The van der Waals surface area contributed by atoms with Crippen molar-refractivity contribution < 1.29 is 0 Å². The van der Waals surface area contributed by atoms with Crippen LogP contribution in [0.15, 0.2) is 23.1 Å². The minimum absolute atomic E-state index is 0.912. The van der Waals surface area contributed by atoms with Crippen molar-refractivity contribution in [1.29, 1.82) is 0 Å². The molecule has 2 nitrogen and oxygen atoms in total. The van der Waals surface area contributed by atoms with E-state index in [1.54, 1.807) is 0 Å². The molecule has 0 atom stereocenters. The Bertz CT molecular complexity index is 235. The number of nitrogens with one attached hydrogen (secondary N) is 1. The van der Waals surface area contributed by atoms with Crippen molar-refractivity contribution in [3.05, 3.63) is 23.8 Å². The predicted molar refractivity (Wildman–Crippen MR) is 46.2 cm³/mol. The molecule has 0 amide bonds. The molecule has 0 aliphatic heterocycles. The Morgan fingerprint density at radius 1 is 1.50 bits per heavy atom. The molecule has 0 saturated heterocycles. The molecule has 0 spiro atoms. The Balaban J connectivity index is 3.04. The average Bonchev–Trinajstić information content (AvgIpc) is 1.95. The van der Waals surface area contributed by atoms with Gasteiger partial charge in [0, 0.05) is 10.6 Å². The maximum atomic E-state index is 5.19. The van der Waals surface area contributed by atoms with Gasteiger partial charge in [0.25, 0.3) is 0 Å². The summed E-state index contributed by atoms with van der Waals surface area (Å²) in [5.74, 6) is 5.19. The summed E-state index contributed by atoms with van der Waals surface area (Å²) in [5, 5.41) is 0. The van der Waals surface area contributed by atoms with Gasteiger partial charge in [-0.3, -0.25) is 5.84 Å². The SMILES string of the molecule is Cc1cc(NN)ccc1S. The summed E-state index contributed by atoms with van der Waals surface area (Å²) in [7, 11) is 0. The maximum Gasteiger partial charge on any atom is 0.0488 e. The van der Waals surface area contributed by atoms with Gasteiger partial charge in [0.05, 0.1) is 0 Å². The van der Waals surface area contributed by atoms with Crippen LogP contribution in [0.1, 0.15) is 5.56 Å². The van der Waals surface area contributed by atoms with Gasteiger partial charge in [0.15, 0.2) is 0 Å². The summed E-state index contributed by atoms with van der Waals surface area (Å²) in [6.45, 7) is 1.99. The lowest BCUT2D eigenvalue weighted by atomic mass is 10.2. The molecule has 0 fully saturated rings. The number of hydrogen-bond donors (Lipinski definition) is 3. The predicted octanol–water partition coefficient (Wildman–Crippen LogP) is 1.57. The van der Waals surface area contributed by atoms with Gasteiger partial charge in [0.2, 0.25) is 0 Å². The van der Waals surface area contributed by atoms with Crippen molar-refractivity contribution in [2.45, 2.75) is 11.8 Å². The molecule has 10 heavy (non-hydrogen) atoms. The van der Waals surface area contributed by atoms with Crippen LogP contribution in [0.4, 0.5) is 5.69 Å². The molecule has 0 aliphatic carbocycles. The standard InChI is InChI=1S/C7H10N2S/c1-5-4-6(9-8)2-3-7(5)10/h2-4,9-10H,8H2,1H3. The second kappa shape index (κ2) is 2.94. The van der Waals surface area contributed by atoms with Gasteiger partial charge in [-0.2, -0.15) is 0 Å². The fourth-order valence-corrected chi connectivity index (χ4v) is 0.884. The maximum absolute atomic E-state index is 5.19. The first-order chi connectivity index (χ1) is 4.74. The number of nitrogen functional groups attached to an aromatic ring is 1. The quantitative estimate of drug-likeness (QED) is 0.326. The van der Waals surface area contributed by atoms with Crippen LogP contribution in [0.25, 0.3) is 0 Å². The Morgan fingerprint density at radius 2 is 2.20 bits per heavy atom. The molecule has 0 saturated carbocycles. The first kappa shape index (κ1) is 7.44. The van der Waals surface area contributed by atoms with E-state index in [9.17, 15) is 0 Å². The van der Waals surface area contributed by atoms with Crippen molar-refractivity contribution >= 4 is 18.3 Å². The normalized spacial score (nSPS) is 9.50. The molecular formula is C7H10N2S. The first-order valence-electron chi connectivity index (χ1n) is 3.00. The van der Waals surface area contributed by atoms with Gasteiger partial charge < -0.3 is 5.43 Å². The zero-order chi connectivity index (χ0) is 7.56. The number of thiol groups is 1. The number of hydrogen-bond acceptors (Lipinski definition) is 3. The Hall–Kier alpha value is -0.670. The summed E-state index contributed by atoms with van der Waals surface area (Å²) in [5.41, 5.74) is 4.60. The summed E-state index contributed by atoms with van der Waals surface area (Å²) in [4.78, 5) is 0.985. The summed E-state index contributed by atoms with van der Waals surface area (Å²) < 4.78 is 0. The Morgan fingerprint density at radius 3 is 2.70 bits per heavy atom. The van der Waals surface area contributed by atoms with Gasteiger partial charge in [0.1, 0.15) is 0 Å². The first-order valence-corrected chi connectivity index (χ1v) is 3.45. The molecular weight excluding hydrogens is 144 g/mol. The molecule has 3 heteroatoms. The highest BCUT2D eigenvalue weighted by molar-refractivity contribution is 7.80. The number of nitrogens with two attached hydrogens (primary N) is 1. The fourth-order valence-electron chi connectivity index (χ4n) is 0.745. The van der Waals surface area contributed by atoms with Crippen molar-refractivity contribution in [2.75, 3.05) is 5.43 Å². The van der Waals surface area contributed by atoms with Crippen LogP contribution in [0, 0.1) is 6.92 Å². The molecule has 1 aromatic carbocycles. The molecule has 0 aromatic heterocycles. The van der Waals surface area contributed by atoms with Crippen LogP contribution in [0.2, 0.25) is 0 Å². The highest BCUT2D eigenvalue weighted by Gasteiger charge is 1.92. The van der Waals surface area contributed by atoms with Crippen LogP contribution in [0.3, 0.4) is 0 Å². The van der Waals surface area contributed by atoms with Crippen molar-refractivity contribution in [3.63, 3.8) is 0 Å². The van der Waals surface area contributed by atoms with Gasteiger partial charge >= 0.3 is 0 Å². The third-order valence-electron chi connectivity index (χ3n) is 1.36. The minimum Gasteiger partial charge on any atom is -0.324 e. The van der Waals surface area contributed by atoms with Gasteiger partial charge in [-0.15, -0.1) is 12.6 Å². The lowest BCUT2D eigenvalue weighted by molar-refractivity contribution is 1.27. The third-order valence-corrected chi connectivity index (χ3v) is 1.87. The Labute approximate surface area is 65.8 Å². The van der Waals surface area contributed by atoms with Gasteiger partial charge in [-0.1, -0.05) is 0 Å². The van der Waals surface area contributed by atoms with Crippen molar-refractivity contribution in [2.24, 2.45) is 5.84 Å². The fraction of sp³-hybridized carbons (Fsp3) is 0.143. The zero-order valence-corrected chi connectivity index (χ0v) is 6.65. The highest BCUT2D eigenvalue weighted by atomic mass is 32.1. The number of benzene rings is 1. The second-order valence-electron chi connectivity index (χ2n) is 2.15. The topological polar surface area (TPSA) is 38.0 Å². The van der Waals surface area contributed by atoms with E-state index in [2.05, 4.69) is 18.1 Å². The van der Waals surface area contributed by atoms with E-state index >= 15 is 0 Å². The summed E-state index contributed by atoms with van der Waals surface area (Å²) in [6.07, 6.45) is 0. The van der Waals surface area contributed by atoms with Crippen LogP contribution in [-0.4, -0.2) is 0 Å². The number of hydrazine groups is 1. The molecule has 3 N–H and O–H groups in total. The van der Waals surface area contributed by atoms with E-state index in [1.807, 2.05) is 25.1 Å². The number of anilines is 1. The molecule has 0 radical (unpaired) electrons. The third kappa shape index (κ3) is 1.43. The van der Waals surface area contributed by atoms with Crippen molar-refractivity contribution in [3.8, 4) is 0 Å². The lowest BCUT2D eigenvalue weighted by Gasteiger charge is -2.02. The minimum atomic E-state index is 0.912. The van der Waals surface area contributed by atoms with Crippen molar-refractivity contribution in [1.82, 2.24) is 0 Å². The number of rotatable bonds is 1. The second-order valence-corrected chi connectivity index (χ2v) is 2.63. The van der Waals surface area contributed by atoms with Crippen LogP contribution in [0.5, 0.6) is 0 Å². The lowest BCUT2D eigenvalue weighted by Crippen LogP contribution is -2.06. The monoisotopic (exact) mass is 154 g/mol. The van der Waals surface area contributed by atoms with E-state index in [4.69, 9.17) is 5.84 Å². The van der Waals surface area contributed by atoms with E-state index in [0.29, 0.717) is 0 Å². The van der Waals surface area contributed by atoms with E-state index < -0.39 is 0 Å². The van der Waals surface area contributed by atoms with E-state index in [0.717, 1.165) is 16.1 Å². The number of aryl methyl sites for hydroxylation is 1. The summed E-state index contributed by atoms with van der Waals surface area (Å²) >= 11 is 4.22. The molecule has 54 valence electrons. The smallest absolute Gasteiger partial charge is 0.0488 e. The van der Waals surface area contributed by atoms with E-state index in [-0.39, 0.29) is 0 Å². The molecule has 0 aliphatic rings. The molecule has 1 rings (SSSR count). The largest absolute Gasteiger partial charge is 0.324 e. The van der Waals surface area contributed by atoms with Gasteiger partial charge in [-0.05, 0) is 30.7 Å². The molecule has 0 heterocycles. The Kier molecular flexibility index (Phi) is 2.19.